The molecule has 0 spiro atoms. The SMILES string of the molecule is CN(C)C(C)(C)C.Cc1cc(Br)cc(C=O)c1. The van der Waals surface area contributed by atoms with Gasteiger partial charge in [0.05, 0.1) is 0 Å². The van der Waals surface area contributed by atoms with E-state index in [9.17, 15) is 4.79 Å². The second-order valence-corrected chi connectivity index (χ2v) is 6.16. The van der Waals surface area contributed by atoms with E-state index in [1.54, 1.807) is 6.07 Å². The van der Waals surface area contributed by atoms with Crippen LogP contribution < -0.4 is 0 Å². The van der Waals surface area contributed by atoms with Crippen molar-refractivity contribution >= 4 is 22.2 Å². The molecule has 0 atom stereocenters. The van der Waals surface area contributed by atoms with E-state index in [2.05, 4.69) is 55.7 Å². The summed E-state index contributed by atoms with van der Waals surface area (Å²) >= 11 is 3.29. The van der Waals surface area contributed by atoms with E-state index < -0.39 is 0 Å². The third-order valence-corrected chi connectivity index (χ3v) is 3.00. The lowest BCUT2D eigenvalue weighted by Gasteiger charge is -2.27. The van der Waals surface area contributed by atoms with E-state index in [0.29, 0.717) is 11.1 Å². The van der Waals surface area contributed by atoms with Crippen LogP contribution in [0, 0.1) is 6.92 Å². The standard InChI is InChI=1S/C8H7BrO.C6H15N/c1-6-2-7(5-10)4-8(9)3-6;1-6(2,3)7(4)5/h2-5H,1H3;1-5H3. The Kier molecular flexibility index (Phi) is 6.65. The van der Waals surface area contributed by atoms with Gasteiger partial charge in [-0.1, -0.05) is 15.9 Å². The van der Waals surface area contributed by atoms with E-state index in [1.807, 2.05) is 19.1 Å². The van der Waals surface area contributed by atoms with Crippen LogP contribution in [0.3, 0.4) is 0 Å². The fourth-order valence-electron chi connectivity index (χ4n) is 0.833. The van der Waals surface area contributed by atoms with Gasteiger partial charge in [-0.2, -0.15) is 0 Å². The summed E-state index contributed by atoms with van der Waals surface area (Å²) in [5.41, 5.74) is 2.14. The number of halogens is 1. The van der Waals surface area contributed by atoms with Crippen molar-refractivity contribution in [2.45, 2.75) is 33.2 Å². The minimum atomic E-state index is 0.333. The van der Waals surface area contributed by atoms with Crippen molar-refractivity contribution in [3.63, 3.8) is 0 Å². The Morgan fingerprint density at radius 1 is 1.18 bits per heavy atom. The minimum absolute atomic E-state index is 0.333. The summed E-state index contributed by atoms with van der Waals surface area (Å²) in [7, 11) is 4.17. The average molecular weight is 300 g/mol. The predicted molar refractivity (Wildman–Crippen MR) is 77.7 cm³/mol. The maximum Gasteiger partial charge on any atom is 0.150 e. The number of benzene rings is 1. The molecule has 0 aliphatic rings. The zero-order chi connectivity index (χ0) is 13.6. The summed E-state index contributed by atoms with van der Waals surface area (Å²) < 4.78 is 0.953. The Morgan fingerprint density at radius 2 is 1.65 bits per heavy atom. The molecule has 0 aliphatic carbocycles. The Balaban J connectivity index is 0.000000325. The molecule has 0 radical (unpaired) electrons. The molecule has 1 rings (SSSR count). The van der Waals surface area contributed by atoms with Crippen LogP contribution in [0.1, 0.15) is 36.7 Å². The molecule has 0 saturated carbocycles. The lowest BCUT2D eigenvalue weighted by Crippen LogP contribution is -2.34. The zero-order valence-corrected chi connectivity index (χ0v) is 13.1. The van der Waals surface area contributed by atoms with Gasteiger partial charge in [0.25, 0.3) is 0 Å². The summed E-state index contributed by atoms with van der Waals surface area (Å²) in [6.45, 7) is 8.52. The lowest BCUT2D eigenvalue weighted by atomic mass is 10.1. The Morgan fingerprint density at radius 3 is 1.94 bits per heavy atom. The lowest BCUT2D eigenvalue weighted by molar-refractivity contribution is 0.112. The van der Waals surface area contributed by atoms with Gasteiger partial charge in [0.1, 0.15) is 6.29 Å². The summed E-state index contributed by atoms with van der Waals surface area (Å²) in [6.07, 6.45) is 0.845. The van der Waals surface area contributed by atoms with Gasteiger partial charge in [-0.15, -0.1) is 0 Å². The molecular formula is C14H22BrNO. The van der Waals surface area contributed by atoms with Crippen LogP contribution in [-0.4, -0.2) is 30.8 Å². The fraction of sp³-hybridized carbons (Fsp3) is 0.500. The second-order valence-electron chi connectivity index (χ2n) is 5.25. The van der Waals surface area contributed by atoms with Crippen LogP contribution in [0.15, 0.2) is 22.7 Å². The normalized spacial score (nSPS) is 10.8. The molecule has 0 fully saturated rings. The predicted octanol–water partition coefficient (Wildman–Crippen LogP) is 3.92. The molecule has 0 bridgehead atoms. The summed E-state index contributed by atoms with van der Waals surface area (Å²) in [6, 6.07) is 5.60. The van der Waals surface area contributed by atoms with E-state index >= 15 is 0 Å². The maximum absolute atomic E-state index is 10.3. The number of hydrogen-bond acceptors (Lipinski definition) is 2. The van der Waals surface area contributed by atoms with Gasteiger partial charge in [-0.25, -0.2) is 0 Å². The summed E-state index contributed by atoms with van der Waals surface area (Å²) in [5, 5.41) is 0. The Labute approximate surface area is 113 Å². The number of aldehydes is 1. The zero-order valence-electron chi connectivity index (χ0n) is 11.5. The molecular weight excluding hydrogens is 278 g/mol. The molecule has 0 amide bonds. The third-order valence-electron chi connectivity index (χ3n) is 2.54. The molecule has 0 unspecified atom stereocenters. The number of nitrogens with zero attached hydrogens (tertiary/aromatic N) is 1. The number of carbonyl (C=O) groups is 1. The van der Waals surface area contributed by atoms with Crippen molar-refractivity contribution in [1.29, 1.82) is 0 Å². The van der Waals surface area contributed by atoms with Crippen LogP contribution in [-0.2, 0) is 0 Å². The minimum Gasteiger partial charge on any atom is -0.305 e. The van der Waals surface area contributed by atoms with Gasteiger partial charge in [-0.05, 0) is 65.6 Å². The van der Waals surface area contributed by atoms with Crippen LogP contribution >= 0.6 is 15.9 Å². The fourth-order valence-corrected chi connectivity index (χ4v) is 1.46. The number of aryl methyl sites for hydroxylation is 1. The van der Waals surface area contributed by atoms with Gasteiger partial charge in [0, 0.05) is 15.6 Å². The topological polar surface area (TPSA) is 20.3 Å². The van der Waals surface area contributed by atoms with E-state index in [1.165, 1.54) is 0 Å². The van der Waals surface area contributed by atoms with Crippen molar-refractivity contribution in [1.82, 2.24) is 4.90 Å². The first kappa shape index (κ1) is 16.3. The monoisotopic (exact) mass is 299 g/mol. The van der Waals surface area contributed by atoms with Crippen molar-refractivity contribution in [3.05, 3.63) is 33.8 Å². The first-order valence-corrected chi connectivity index (χ1v) is 6.36. The van der Waals surface area contributed by atoms with Crippen LogP contribution in [0.2, 0.25) is 0 Å². The molecule has 0 heterocycles. The van der Waals surface area contributed by atoms with Crippen molar-refractivity contribution in [2.75, 3.05) is 14.1 Å². The van der Waals surface area contributed by atoms with Crippen molar-refractivity contribution in [2.24, 2.45) is 0 Å². The van der Waals surface area contributed by atoms with Crippen molar-refractivity contribution < 1.29 is 4.79 Å². The molecule has 1 aromatic rings. The molecule has 0 aromatic heterocycles. The Bertz CT molecular complexity index is 347. The quantitative estimate of drug-likeness (QED) is 0.733. The van der Waals surface area contributed by atoms with Gasteiger partial charge >= 0.3 is 0 Å². The average Bonchev–Trinajstić information content (AvgIpc) is 2.15. The van der Waals surface area contributed by atoms with Crippen LogP contribution in [0.4, 0.5) is 0 Å². The second kappa shape index (κ2) is 6.92. The summed E-state index contributed by atoms with van der Waals surface area (Å²) in [5.74, 6) is 0. The van der Waals surface area contributed by atoms with Crippen molar-refractivity contribution in [3.8, 4) is 0 Å². The van der Waals surface area contributed by atoms with Gasteiger partial charge in [0.15, 0.2) is 0 Å². The maximum atomic E-state index is 10.3. The number of hydrogen-bond donors (Lipinski definition) is 0. The molecule has 96 valence electrons. The Hall–Kier alpha value is -0.670. The molecule has 0 aliphatic heterocycles. The van der Waals surface area contributed by atoms with E-state index in [-0.39, 0.29) is 0 Å². The molecule has 0 N–H and O–H groups in total. The van der Waals surface area contributed by atoms with Gasteiger partial charge in [0.2, 0.25) is 0 Å². The molecule has 17 heavy (non-hydrogen) atoms. The molecule has 1 aromatic carbocycles. The highest BCUT2D eigenvalue weighted by molar-refractivity contribution is 9.10. The van der Waals surface area contributed by atoms with Crippen LogP contribution in [0.25, 0.3) is 0 Å². The molecule has 3 heteroatoms. The van der Waals surface area contributed by atoms with Crippen LogP contribution in [0.5, 0.6) is 0 Å². The van der Waals surface area contributed by atoms with Gasteiger partial charge < -0.3 is 4.90 Å². The molecule has 2 nitrogen and oxygen atoms in total. The van der Waals surface area contributed by atoms with E-state index in [4.69, 9.17) is 0 Å². The first-order valence-electron chi connectivity index (χ1n) is 5.56. The molecule has 0 saturated heterocycles. The smallest absolute Gasteiger partial charge is 0.150 e. The number of rotatable bonds is 1. The largest absolute Gasteiger partial charge is 0.305 e. The van der Waals surface area contributed by atoms with Gasteiger partial charge in [-0.3, -0.25) is 4.79 Å². The highest BCUT2D eigenvalue weighted by atomic mass is 79.9. The highest BCUT2D eigenvalue weighted by Crippen LogP contribution is 2.13. The number of carbonyl (C=O) groups excluding carboxylic acids is 1. The highest BCUT2D eigenvalue weighted by Gasteiger charge is 2.10. The first-order chi connectivity index (χ1) is 7.66. The summed E-state index contributed by atoms with van der Waals surface area (Å²) in [4.78, 5) is 12.5. The third kappa shape index (κ3) is 7.29. The van der Waals surface area contributed by atoms with E-state index in [0.717, 1.165) is 16.3 Å².